The van der Waals surface area contributed by atoms with Gasteiger partial charge in [0.05, 0.1) is 11.7 Å². The van der Waals surface area contributed by atoms with Crippen LogP contribution in [0.2, 0.25) is 5.02 Å². The number of aromatic nitrogens is 2. The molecule has 2 aromatic rings. The van der Waals surface area contributed by atoms with Gasteiger partial charge in [0.2, 0.25) is 0 Å². The standard InChI is InChI=1S/C11H8ClN3S/c12-10-4-2-1-3-9(10)7-15-6-5-11(14-15)13-8-16/h1-6H,7H2. The van der Waals surface area contributed by atoms with Crippen LogP contribution >= 0.6 is 23.8 Å². The van der Waals surface area contributed by atoms with E-state index in [0.717, 1.165) is 10.6 Å². The van der Waals surface area contributed by atoms with Crippen LogP contribution in [0.5, 0.6) is 0 Å². The van der Waals surface area contributed by atoms with Gasteiger partial charge in [-0.2, -0.15) is 10.1 Å². The molecule has 1 heterocycles. The minimum Gasteiger partial charge on any atom is -0.266 e. The number of thiocarbonyl (C=S) groups is 1. The van der Waals surface area contributed by atoms with E-state index in [1.165, 1.54) is 0 Å². The van der Waals surface area contributed by atoms with E-state index in [4.69, 9.17) is 11.6 Å². The number of rotatable bonds is 3. The predicted molar refractivity (Wildman–Crippen MR) is 67.5 cm³/mol. The third kappa shape index (κ3) is 2.55. The Balaban J connectivity index is 2.21. The Morgan fingerprint density at radius 1 is 1.38 bits per heavy atom. The molecule has 0 aliphatic rings. The van der Waals surface area contributed by atoms with E-state index in [-0.39, 0.29) is 0 Å². The zero-order valence-corrected chi connectivity index (χ0v) is 9.87. The van der Waals surface area contributed by atoms with E-state index in [1.807, 2.05) is 30.5 Å². The Labute approximate surface area is 103 Å². The third-order valence-electron chi connectivity index (χ3n) is 2.08. The van der Waals surface area contributed by atoms with Crippen LogP contribution in [0.15, 0.2) is 41.5 Å². The van der Waals surface area contributed by atoms with E-state index in [9.17, 15) is 0 Å². The van der Waals surface area contributed by atoms with Crippen LogP contribution in [0.25, 0.3) is 0 Å². The molecule has 3 nitrogen and oxygen atoms in total. The first-order chi connectivity index (χ1) is 7.79. The Bertz CT molecular complexity index is 544. The van der Waals surface area contributed by atoms with Crippen molar-refractivity contribution >= 4 is 34.8 Å². The molecule has 0 saturated carbocycles. The molecule has 0 fully saturated rings. The number of halogens is 1. The van der Waals surface area contributed by atoms with Crippen molar-refractivity contribution in [2.24, 2.45) is 4.99 Å². The predicted octanol–water partition coefficient (Wildman–Crippen LogP) is 3.32. The van der Waals surface area contributed by atoms with E-state index >= 15 is 0 Å². The molecule has 0 radical (unpaired) electrons. The zero-order valence-electron chi connectivity index (χ0n) is 8.30. The molecule has 0 amide bonds. The van der Waals surface area contributed by atoms with Crippen molar-refractivity contribution < 1.29 is 0 Å². The second-order valence-corrected chi connectivity index (χ2v) is 3.76. The van der Waals surface area contributed by atoms with Crippen LogP contribution in [-0.2, 0) is 6.54 Å². The van der Waals surface area contributed by atoms with Gasteiger partial charge in [-0.15, -0.1) is 0 Å². The molecular weight excluding hydrogens is 242 g/mol. The number of nitrogens with zero attached hydrogens (tertiary/aromatic N) is 3. The normalized spacial score (nSPS) is 9.81. The summed E-state index contributed by atoms with van der Waals surface area (Å²) in [7, 11) is 0. The van der Waals surface area contributed by atoms with E-state index in [1.54, 1.807) is 10.7 Å². The highest BCUT2D eigenvalue weighted by atomic mass is 35.5. The van der Waals surface area contributed by atoms with E-state index in [0.29, 0.717) is 12.4 Å². The molecule has 0 saturated heterocycles. The summed E-state index contributed by atoms with van der Waals surface area (Å²) in [6, 6.07) is 9.44. The Morgan fingerprint density at radius 3 is 2.94 bits per heavy atom. The van der Waals surface area contributed by atoms with Crippen LogP contribution < -0.4 is 0 Å². The summed E-state index contributed by atoms with van der Waals surface area (Å²) in [6.07, 6.45) is 1.83. The number of hydrogen-bond donors (Lipinski definition) is 0. The minimum atomic E-state index is 0.557. The monoisotopic (exact) mass is 249 g/mol. The quantitative estimate of drug-likeness (QED) is 0.617. The van der Waals surface area contributed by atoms with Gasteiger partial charge in [-0.05, 0) is 23.8 Å². The summed E-state index contributed by atoms with van der Waals surface area (Å²) in [5.41, 5.74) is 1.02. The summed E-state index contributed by atoms with van der Waals surface area (Å²) < 4.78 is 1.76. The molecule has 0 spiro atoms. The second-order valence-electron chi connectivity index (χ2n) is 3.17. The fourth-order valence-corrected chi connectivity index (χ4v) is 1.64. The molecule has 1 aromatic heterocycles. The first kappa shape index (κ1) is 11.0. The molecule has 0 bridgehead atoms. The maximum Gasteiger partial charge on any atom is 0.184 e. The van der Waals surface area contributed by atoms with Gasteiger partial charge in [0.1, 0.15) is 0 Å². The number of isothiocyanates is 1. The van der Waals surface area contributed by atoms with Gasteiger partial charge < -0.3 is 0 Å². The highest BCUT2D eigenvalue weighted by Crippen LogP contribution is 2.16. The fraction of sp³-hybridized carbons (Fsp3) is 0.0909. The van der Waals surface area contributed by atoms with Gasteiger partial charge in [-0.1, -0.05) is 29.8 Å². The van der Waals surface area contributed by atoms with Crippen molar-refractivity contribution in [2.75, 3.05) is 0 Å². The molecule has 0 aliphatic heterocycles. The molecule has 0 N–H and O–H groups in total. The molecule has 0 aliphatic carbocycles. The summed E-state index contributed by atoms with van der Waals surface area (Å²) in [5.74, 6) is 0.557. The van der Waals surface area contributed by atoms with Crippen LogP contribution in [0, 0.1) is 0 Å². The zero-order chi connectivity index (χ0) is 11.4. The van der Waals surface area contributed by atoms with Crippen molar-refractivity contribution in [3.05, 3.63) is 47.1 Å². The average Bonchev–Trinajstić information content (AvgIpc) is 2.70. The number of aliphatic imine (C=N–C) groups is 1. The van der Waals surface area contributed by atoms with Crippen molar-refractivity contribution in [1.29, 1.82) is 0 Å². The van der Waals surface area contributed by atoms with Crippen molar-refractivity contribution in [1.82, 2.24) is 9.78 Å². The van der Waals surface area contributed by atoms with Crippen molar-refractivity contribution in [3.8, 4) is 0 Å². The van der Waals surface area contributed by atoms with Gasteiger partial charge in [0.15, 0.2) is 5.82 Å². The lowest BCUT2D eigenvalue weighted by Crippen LogP contribution is -2.00. The summed E-state index contributed by atoms with van der Waals surface area (Å²) >= 11 is 10.6. The molecule has 0 unspecified atom stereocenters. The summed E-state index contributed by atoms with van der Waals surface area (Å²) in [6.45, 7) is 0.618. The molecule has 2 rings (SSSR count). The Morgan fingerprint density at radius 2 is 2.19 bits per heavy atom. The lowest BCUT2D eigenvalue weighted by atomic mass is 10.2. The number of hydrogen-bond acceptors (Lipinski definition) is 3. The van der Waals surface area contributed by atoms with Crippen LogP contribution in [0.3, 0.4) is 0 Å². The van der Waals surface area contributed by atoms with Crippen molar-refractivity contribution in [2.45, 2.75) is 6.54 Å². The number of benzene rings is 1. The fourth-order valence-electron chi connectivity index (χ4n) is 1.35. The van der Waals surface area contributed by atoms with Crippen molar-refractivity contribution in [3.63, 3.8) is 0 Å². The van der Waals surface area contributed by atoms with Gasteiger partial charge >= 0.3 is 0 Å². The first-order valence-electron chi connectivity index (χ1n) is 4.64. The molecule has 80 valence electrons. The van der Waals surface area contributed by atoms with Gasteiger partial charge in [0, 0.05) is 17.3 Å². The molecule has 1 aromatic carbocycles. The maximum absolute atomic E-state index is 6.05. The third-order valence-corrected chi connectivity index (χ3v) is 2.54. The van der Waals surface area contributed by atoms with Gasteiger partial charge in [-0.3, -0.25) is 4.68 Å². The highest BCUT2D eigenvalue weighted by molar-refractivity contribution is 7.78. The van der Waals surface area contributed by atoms with Crippen LogP contribution in [0.1, 0.15) is 5.56 Å². The molecule has 16 heavy (non-hydrogen) atoms. The van der Waals surface area contributed by atoms with Crippen LogP contribution in [-0.4, -0.2) is 14.9 Å². The van der Waals surface area contributed by atoms with Gasteiger partial charge in [-0.25, -0.2) is 0 Å². The second kappa shape index (κ2) is 5.03. The molecular formula is C11H8ClN3S. The molecule has 5 heteroatoms. The molecule has 0 atom stereocenters. The summed E-state index contributed by atoms with van der Waals surface area (Å²) in [5, 5.41) is 7.21. The lowest BCUT2D eigenvalue weighted by molar-refractivity contribution is 0.688. The van der Waals surface area contributed by atoms with Gasteiger partial charge in [0.25, 0.3) is 0 Å². The Hall–Kier alpha value is -1.48. The topological polar surface area (TPSA) is 30.2 Å². The van der Waals surface area contributed by atoms with E-state index < -0.39 is 0 Å². The summed E-state index contributed by atoms with van der Waals surface area (Å²) in [4.78, 5) is 3.79. The maximum atomic E-state index is 6.05. The Kier molecular flexibility index (Phi) is 3.47. The lowest BCUT2D eigenvalue weighted by Gasteiger charge is -2.03. The average molecular weight is 250 g/mol. The van der Waals surface area contributed by atoms with Crippen LogP contribution in [0.4, 0.5) is 5.82 Å². The minimum absolute atomic E-state index is 0.557. The van der Waals surface area contributed by atoms with E-state index in [2.05, 4.69) is 27.5 Å². The highest BCUT2D eigenvalue weighted by Gasteiger charge is 2.01. The smallest absolute Gasteiger partial charge is 0.184 e. The SMILES string of the molecule is S=C=Nc1ccn(Cc2ccccc2Cl)n1. The first-order valence-corrected chi connectivity index (χ1v) is 5.43. The largest absolute Gasteiger partial charge is 0.266 e.